The summed E-state index contributed by atoms with van der Waals surface area (Å²) in [6.07, 6.45) is 1.62. The number of halogens is 2. The van der Waals surface area contributed by atoms with Crippen LogP contribution in [0.2, 0.25) is 0 Å². The van der Waals surface area contributed by atoms with Gasteiger partial charge in [0.25, 0.3) is 0 Å². The van der Waals surface area contributed by atoms with E-state index >= 15 is 0 Å². The molecule has 0 spiro atoms. The van der Waals surface area contributed by atoms with E-state index in [1.807, 2.05) is 0 Å². The molecule has 3 N–H and O–H groups in total. The summed E-state index contributed by atoms with van der Waals surface area (Å²) in [4.78, 5) is 4.12. The Morgan fingerprint density at radius 1 is 1.33 bits per heavy atom. The molecule has 0 aliphatic heterocycles. The second-order valence-corrected chi connectivity index (χ2v) is 4.49. The van der Waals surface area contributed by atoms with Crippen LogP contribution in [-0.2, 0) is 6.61 Å². The fourth-order valence-corrected chi connectivity index (χ4v) is 1.86. The van der Waals surface area contributed by atoms with E-state index < -0.39 is 0 Å². The molecule has 0 aliphatic carbocycles. The lowest BCUT2D eigenvalue weighted by Crippen LogP contribution is -2.08. The molecule has 0 fully saturated rings. The minimum atomic E-state index is -0.357. The molecule has 0 saturated heterocycles. The van der Waals surface area contributed by atoms with Gasteiger partial charge in [0.2, 0.25) is 0 Å². The number of nitrogens with zero attached hydrogens (tertiary/aromatic N) is 1. The molecule has 1 aromatic carbocycles. The van der Waals surface area contributed by atoms with Gasteiger partial charge in [-0.3, -0.25) is 10.8 Å². The van der Waals surface area contributed by atoms with E-state index in [0.717, 1.165) is 5.69 Å². The normalized spacial score (nSPS) is 10.2. The summed E-state index contributed by atoms with van der Waals surface area (Å²) in [6, 6.07) is 7.87. The van der Waals surface area contributed by atoms with Gasteiger partial charge in [-0.25, -0.2) is 4.39 Å². The first-order chi connectivity index (χ1) is 8.67. The van der Waals surface area contributed by atoms with Crippen LogP contribution in [0.15, 0.2) is 41.0 Å². The van der Waals surface area contributed by atoms with Crippen molar-refractivity contribution in [1.82, 2.24) is 4.98 Å². The average molecular weight is 312 g/mol. The second kappa shape index (κ2) is 5.79. The fraction of sp³-hybridized carbons (Fsp3) is 0.0833. The quantitative estimate of drug-likeness (QED) is 0.673. The lowest BCUT2D eigenvalue weighted by Gasteiger charge is -2.07. The van der Waals surface area contributed by atoms with Crippen LogP contribution in [0.4, 0.5) is 10.1 Å². The number of aromatic nitrogens is 1. The van der Waals surface area contributed by atoms with E-state index in [1.165, 1.54) is 12.1 Å². The molecule has 0 aliphatic rings. The summed E-state index contributed by atoms with van der Waals surface area (Å²) in [5.41, 5.74) is 3.96. The molecule has 94 valence electrons. The monoisotopic (exact) mass is 311 g/mol. The maximum absolute atomic E-state index is 13.1. The molecular formula is C12H11BrFN3O. The number of ether oxygens (including phenoxy) is 1. The van der Waals surface area contributed by atoms with Crippen molar-refractivity contribution < 1.29 is 9.13 Å². The van der Waals surface area contributed by atoms with Crippen molar-refractivity contribution >= 4 is 21.6 Å². The van der Waals surface area contributed by atoms with Crippen LogP contribution in [0.3, 0.4) is 0 Å². The van der Waals surface area contributed by atoms with Crippen molar-refractivity contribution in [1.29, 1.82) is 0 Å². The Morgan fingerprint density at radius 3 is 2.89 bits per heavy atom. The highest BCUT2D eigenvalue weighted by Gasteiger charge is 2.02. The molecule has 2 rings (SSSR count). The number of hydrazine groups is 1. The van der Waals surface area contributed by atoms with Crippen molar-refractivity contribution in [2.45, 2.75) is 6.61 Å². The van der Waals surface area contributed by atoms with E-state index in [1.54, 1.807) is 24.4 Å². The predicted octanol–water partition coefficient (Wildman–Crippen LogP) is 2.85. The molecule has 2 aromatic rings. The summed E-state index contributed by atoms with van der Waals surface area (Å²) in [5.74, 6) is 5.37. The van der Waals surface area contributed by atoms with Gasteiger partial charge in [-0.1, -0.05) is 15.9 Å². The Kier molecular flexibility index (Phi) is 4.11. The van der Waals surface area contributed by atoms with Crippen molar-refractivity contribution in [2.75, 3.05) is 5.43 Å². The number of benzene rings is 1. The van der Waals surface area contributed by atoms with Crippen molar-refractivity contribution in [3.05, 3.63) is 52.5 Å². The lowest BCUT2D eigenvalue weighted by atomic mass is 10.3. The molecule has 0 unspecified atom stereocenters. The molecule has 6 heteroatoms. The fourth-order valence-electron chi connectivity index (χ4n) is 1.42. The van der Waals surface area contributed by atoms with Gasteiger partial charge in [0.1, 0.15) is 18.2 Å². The number of hydrogen-bond acceptors (Lipinski definition) is 4. The van der Waals surface area contributed by atoms with Gasteiger partial charge in [-0.2, -0.15) is 0 Å². The van der Waals surface area contributed by atoms with E-state index in [-0.39, 0.29) is 12.4 Å². The van der Waals surface area contributed by atoms with E-state index in [2.05, 4.69) is 26.3 Å². The molecule has 0 amide bonds. The molecular weight excluding hydrogens is 301 g/mol. The van der Waals surface area contributed by atoms with Gasteiger partial charge in [-0.05, 0) is 24.3 Å². The molecule has 0 bridgehead atoms. The number of rotatable bonds is 4. The highest BCUT2D eigenvalue weighted by atomic mass is 79.9. The zero-order valence-corrected chi connectivity index (χ0v) is 10.9. The number of anilines is 1. The molecule has 1 heterocycles. The smallest absolute Gasteiger partial charge is 0.130 e. The van der Waals surface area contributed by atoms with Crippen molar-refractivity contribution in [3.8, 4) is 5.75 Å². The molecule has 0 atom stereocenters. The minimum Gasteiger partial charge on any atom is -0.487 e. The van der Waals surface area contributed by atoms with Gasteiger partial charge < -0.3 is 10.2 Å². The second-order valence-electron chi connectivity index (χ2n) is 3.57. The molecule has 18 heavy (non-hydrogen) atoms. The predicted molar refractivity (Wildman–Crippen MR) is 70.5 cm³/mol. The molecule has 0 saturated carbocycles. The summed E-state index contributed by atoms with van der Waals surface area (Å²) in [5, 5.41) is 0. The Balaban J connectivity index is 2.06. The standard InChI is InChI=1S/C12H11BrFN3O/c13-8-3-9(14)5-12(4-8)18-7-11-6-10(17-15)1-2-16-11/h1-6H,7,15H2,(H,16,17). The average Bonchev–Trinajstić information content (AvgIpc) is 2.35. The number of nitrogens with two attached hydrogens (primary N) is 1. The Morgan fingerprint density at radius 2 is 2.17 bits per heavy atom. The third-order valence-corrected chi connectivity index (χ3v) is 2.66. The SMILES string of the molecule is NNc1ccnc(COc2cc(F)cc(Br)c2)c1. The Labute approximate surface area is 112 Å². The molecule has 1 aromatic heterocycles. The van der Waals surface area contributed by atoms with Crippen LogP contribution in [0.1, 0.15) is 5.69 Å². The third-order valence-electron chi connectivity index (χ3n) is 2.21. The van der Waals surface area contributed by atoms with Crippen LogP contribution in [0.5, 0.6) is 5.75 Å². The van der Waals surface area contributed by atoms with E-state index in [0.29, 0.717) is 15.9 Å². The minimum absolute atomic E-state index is 0.241. The number of nitrogen functional groups attached to an aromatic ring is 1. The van der Waals surface area contributed by atoms with Crippen LogP contribution in [0, 0.1) is 5.82 Å². The van der Waals surface area contributed by atoms with Crippen LogP contribution in [-0.4, -0.2) is 4.98 Å². The van der Waals surface area contributed by atoms with Crippen LogP contribution >= 0.6 is 15.9 Å². The summed E-state index contributed by atoms with van der Waals surface area (Å²) in [6.45, 7) is 0.241. The van der Waals surface area contributed by atoms with E-state index in [4.69, 9.17) is 10.6 Å². The Hall–Kier alpha value is -1.66. The first-order valence-electron chi connectivity index (χ1n) is 5.18. The summed E-state index contributed by atoms with van der Waals surface area (Å²) >= 11 is 3.20. The van der Waals surface area contributed by atoms with Gasteiger partial charge >= 0.3 is 0 Å². The van der Waals surface area contributed by atoms with Crippen molar-refractivity contribution in [2.24, 2.45) is 5.84 Å². The highest BCUT2D eigenvalue weighted by Crippen LogP contribution is 2.21. The summed E-state index contributed by atoms with van der Waals surface area (Å²) in [7, 11) is 0. The highest BCUT2D eigenvalue weighted by molar-refractivity contribution is 9.10. The molecule has 4 nitrogen and oxygen atoms in total. The zero-order valence-electron chi connectivity index (χ0n) is 9.36. The van der Waals surface area contributed by atoms with Gasteiger partial charge in [-0.15, -0.1) is 0 Å². The van der Waals surface area contributed by atoms with Gasteiger partial charge in [0.05, 0.1) is 11.4 Å². The summed E-state index contributed by atoms with van der Waals surface area (Å²) < 4.78 is 19.2. The largest absolute Gasteiger partial charge is 0.487 e. The number of nitrogens with one attached hydrogen (secondary N) is 1. The maximum Gasteiger partial charge on any atom is 0.130 e. The lowest BCUT2D eigenvalue weighted by molar-refractivity contribution is 0.299. The number of pyridine rings is 1. The first-order valence-corrected chi connectivity index (χ1v) is 5.97. The Bertz CT molecular complexity index is 530. The van der Waals surface area contributed by atoms with Gasteiger partial charge in [0, 0.05) is 16.7 Å². The van der Waals surface area contributed by atoms with Crippen molar-refractivity contribution in [3.63, 3.8) is 0 Å². The van der Waals surface area contributed by atoms with Gasteiger partial charge in [0.15, 0.2) is 0 Å². The zero-order chi connectivity index (χ0) is 13.0. The number of hydrogen-bond donors (Lipinski definition) is 2. The molecule has 0 radical (unpaired) electrons. The van der Waals surface area contributed by atoms with E-state index in [9.17, 15) is 4.39 Å². The first kappa shape index (κ1) is 12.8. The van der Waals surface area contributed by atoms with Crippen LogP contribution in [0.25, 0.3) is 0 Å². The topological polar surface area (TPSA) is 60.2 Å². The maximum atomic E-state index is 13.1. The van der Waals surface area contributed by atoms with Crippen LogP contribution < -0.4 is 16.0 Å². The third kappa shape index (κ3) is 3.41.